The third kappa shape index (κ3) is 3.03. The van der Waals surface area contributed by atoms with Gasteiger partial charge in [0.25, 0.3) is 5.95 Å². The van der Waals surface area contributed by atoms with Crippen LogP contribution in [0.3, 0.4) is 0 Å². The van der Waals surface area contributed by atoms with Gasteiger partial charge < -0.3 is 10.1 Å². The second-order valence-corrected chi connectivity index (χ2v) is 5.16. The second-order valence-electron chi connectivity index (χ2n) is 4.24. The van der Waals surface area contributed by atoms with Crippen molar-refractivity contribution in [1.82, 2.24) is 20.2 Å². The summed E-state index contributed by atoms with van der Waals surface area (Å²) in [5.74, 6) is 1.34. The van der Waals surface area contributed by atoms with E-state index >= 15 is 0 Å². The van der Waals surface area contributed by atoms with Gasteiger partial charge in [-0.25, -0.2) is 0 Å². The Morgan fingerprint density at radius 3 is 2.43 bits per heavy atom. The van der Waals surface area contributed by atoms with Crippen LogP contribution in [0.15, 0.2) is 53.0 Å². The molecule has 0 spiro atoms. The summed E-state index contributed by atoms with van der Waals surface area (Å²) in [5.41, 5.74) is 1.75. The lowest BCUT2D eigenvalue weighted by molar-refractivity contribution is 0.415. The lowest BCUT2D eigenvalue weighted by Gasteiger charge is -2.07. The summed E-state index contributed by atoms with van der Waals surface area (Å²) in [7, 11) is 1.64. The molecule has 0 unspecified atom stereocenters. The van der Waals surface area contributed by atoms with Crippen molar-refractivity contribution in [2.75, 3.05) is 12.4 Å². The number of tetrazole rings is 1. The summed E-state index contributed by atoms with van der Waals surface area (Å²) in [6, 6.07) is 15.3. The molecule has 7 heteroatoms. The summed E-state index contributed by atoms with van der Waals surface area (Å²) in [5, 5.41) is 14.9. The lowest BCUT2D eigenvalue weighted by Crippen LogP contribution is -2.03. The Morgan fingerprint density at radius 2 is 1.76 bits per heavy atom. The first-order valence-electron chi connectivity index (χ1n) is 6.21. The Morgan fingerprint density at radius 1 is 1.05 bits per heavy atom. The summed E-state index contributed by atoms with van der Waals surface area (Å²) in [6.45, 7) is 0. The Hall–Kier alpha value is -2.41. The normalized spacial score (nSPS) is 10.4. The van der Waals surface area contributed by atoms with Gasteiger partial charge in [0.15, 0.2) is 0 Å². The number of aromatic nitrogens is 4. The van der Waals surface area contributed by atoms with Gasteiger partial charge in [-0.2, -0.15) is 4.68 Å². The van der Waals surface area contributed by atoms with Crippen LogP contribution >= 0.6 is 15.9 Å². The molecular formula is C14H12BrN5O. The van der Waals surface area contributed by atoms with Crippen LogP contribution in [0.25, 0.3) is 5.69 Å². The van der Waals surface area contributed by atoms with Crippen LogP contribution in [0.2, 0.25) is 0 Å². The predicted octanol–water partition coefficient (Wildman–Crippen LogP) is 3.18. The number of hydrogen-bond acceptors (Lipinski definition) is 5. The molecule has 3 rings (SSSR count). The highest BCUT2D eigenvalue weighted by Gasteiger charge is 2.08. The smallest absolute Gasteiger partial charge is 0.252 e. The van der Waals surface area contributed by atoms with Crippen LogP contribution in [-0.4, -0.2) is 27.3 Å². The maximum absolute atomic E-state index is 5.13. The zero-order valence-electron chi connectivity index (χ0n) is 11.2. The number of methoxy groups -OCH3 is 1. The van der Waals surface area contributed by atoms with Crippen molar-refractivity contribution < 1.29 is 4.74 Å². The zero-order valence-corrected chi connectivity index (χ0v) is 12.8. The van der Waals surface area contributed by atoms with Gasteiger partial charge in [0, 0.05) is 10.2 Å². The molecule has 3 aromatic rings. The largest absolute Gasteiger partial charge is 0.497 e. The second kappa shape index (κ2) is 5.92. The van der Waals surface area contributed by atoms with E-state index in [1.165, 1.54) is 0 Å². The zero-order chi connectivity index (χ0) is 14.7. The van der Waals surface area contributed by atoms with Crippen LogP contribution in [-0.2, 0) is 0 Å². The third-order valence-electron chi connectivity index (χ3n) is 2.89. The van der Waals surface area contributed by atoms with Gasteiger partial charge in [0.1, 0.15) is 5.75 Å². The molecule has 6 nitrogen and oxygen atoms in total. The number of hydrogen-bond donors (Lipinski definition) is 1. The van der Waals surface area contributed by atoms with Crippen molar-refractivity contribution in [2.24, 2.45) is 0 Å². The van der Waals surface area contributed by atoms with Crippen molar-refractivity contribution in [2.45, 2.75) is 0 Å². The maximum Gasteiger partial charge on any atom is 0.252 e. The number of nitrogens with one attached hydrogen (secondary N) is 1. The van der Waals surface area contributed by atoms with Crippen LogP contribution < -0.4 is 10.1 Å². The highest BCUT2D eigenvalue weighted by atomic mass is 79.9. The van der Waals surface area contributed by atoms with Gasteiger partial charge in [-0.05, 0) is 59.0 Å². The molecular weight excluding hydrogens is 334 g/mol. The number of ether oxygens (including phenoxy) is 1. The quantitative estimate of drug-likeness (QED) is 0.786. The number of nitrogens with zero attached hydrogens (tertiary/aromatic N) is 4. The van der Waals surface area contributed by atoms with E-state index in [2.05, 4.69) is 36.8 Å². The topological polar surface area (TPSA) is 64.9 Å². The molecule has 0 radical (unpaired) electrons. The lowest BCUT2D eigenvalue weighted by atomic mass is 10.3. The molecule has 0 bridgehead atoms. The fourth-order valence-electron chi connectivity index (χ4n) is 1.82. The Labute approximate surface area is 129 Å². The van der Waals surface area contributed by atoms with Gasteiger partial charge in [-0.15, -0.1) is 0 Å². The molecule has 0 aliphatic carbocycles. The highest BCUT2D eigenvalue weighted by molar-refractivity contribution is 9.10. The average Bonchev–Trinajstić information content (AvgIpc) is 2.97. The molecule has 106 valence electrons. The summed E-state index contributed by atoms with van der Waals surface area (Å²) in [4.78, 5) is 0. The van der Waals surface area contributed by atoms with Gasteiger partial charge in [0.2, 0.25) is 0 Å². The summed E-state index contributed by atoms with van der Waals surface area (Å²) >= 11 is 3.41. The molecule has 0 saturated heterocycles. The number of halogens is 1. The van der Waals surface area contributed by atoms with E-state index < -0.39 is 0 Å². The molecule has 0 amide bonds. The monoisotopic (exact) mass is 345 g/mol. The number of anilines is 2. The molecule has 1 N–H and O–H groups in total. The Bertz CT molecular complexity index is 724. The fourth-order valence-corrected chi connectivity index (χ4v) is 2.09. The van der Waals surface area contributed by atoms with Gasteiger partial charge in [0.05, 0.1) is 12.8 Å². The molecule has 0 saturated carbocycles. The molecule has 1 aromatic heterocycles. The van der Waals surface area contributed by atoms with E-state index in [1.54, 1.807) is 11.8 Å². The van der Waals surface area contributed by atoms with Gasteiger partial charge in [-0.3, -0.25) is 0 Å². The van der Waals surface area contributed by atoms with Gasteiger partial charge >= 0.3 is 0 Å². The molecule has 1 heterocycles. The van der Waals surface area contributed by atoms with Crippen molar-refractivity contribution >= 4 is 27.6 Å². The SMILES string of the molecule is COc1ccc(Nc2nnnn2-c2ccc(Br)cc2)cc1. The van der Waals surface area contributed by atoms with Crippen LogP contribution in [0.1, 0.15) is 0 Å². The van der Waals surface area contributed by atoms with Crippen molar-refractivity contribution in [3.63, 3.8) is 0 Å². The van der Waals surface area contributed by atoms with Gasteiger partial charge in [-0.1, -0.05) is 21.0 Å². The van der Waals surface area contributed by atoms with Crippen molar-refractivity contribution in [1.29, 1.82) is 0 Å². The standard InChI is InChI=1S/C14H12BrN5O/c1-21-13-8-4-11(5-9-13)16-14-17-18-19-20(14)12-6-2-10(15)3-7-12/h2-9H,1H3,(H,16,17,19). The molecule has 0 fully saturated rings. The number of benzene rings is 2. The molecule has 0 aliphatic heterocycles. The summed E-state index contributed by atoms with van der Waals surface area (Å²) < 4.78 is 7.77. The first-order valence-corrected chi connectivity index (χ1v) is 7.01. The van der Waals surface area contributed by atoms with Crippen molar-refractivity contribution in [3.8, 4) is 11.4 Å². The fraction of sp³-hybridized carbons (Fsp3) is 0.0714. The average molecular weight is 346 g/mol. The molecule has 0 atom stereocenters. The van der Waals surface area contributed by atoms with Crippen molar-refractivity contribution in [3.05, 3.63) is 53.0 Å². The van der Waals surface area contributed by atoms with E-state index in [9.17, 15) is 0 Å². The summed E-state index contributed by atoms with van der Waals surface area (Å²) in [6.07, 6.45) is 0. The van der Waals surface area contributed by atoms with E-state index in [1.807, 2.05) is 48.5 Å². The third-order valence-corrected chi connectivity index (χ3v) is 3.42. The van der Waals surface area contributed by atoms with E-state index in [-0.39, 0.29) is 0 Å². The van der Waals surface area contributed by atoms with Crippen LogP contribution in [0.4, 0.5) is 11.6 Å². The maximum atomic E-state index is 5.13. The minimum absolute atomic E-state index is 0.544. The van der Waals surface area contributed by atoms with E-state index in [0.29, 0.717) is 5.95 Å². The molecule has 21 heavy (non-hydrogen) atoms. The number of rotatable bonds is 4. The first-order chi connectivity index (χ1) is 10.3. The Balaban J connectivity index is 1.86. The van der Waals surface area contributed by atoms with Crippen LogP contribution in [0.5, 0.6) is 5.75 Å². The minimum Gasteiger partial charge on any atom is -0.497 e. The Kier molecular flexibility index (Phi) is 3.83. The van der Waals surface area contributed by atoms with Crippen LogP contribution in [0, 0.1) is 0 Å². The molecule has 0 aliphatic rings. The van der Waals surface area contributed by atoms with E-state index in [0.717, 1.165) is 21.6 Å². The predicted molar refractivity (Wildman–Crippen MR) is 83.1 cm³/mol. The molecule has 2 aromatic carbocycles. The highest BCUT2D eigenvalue weighted by Crippen LogP contribution is 2.20. The first kappa shape index (κ1) is 13.6. The minimum atomic E-state index is 0.544. The van der Waals surface area contributed by atoms with E-state index in [4.69, 9.17) is 4.74 Å².